The number of nitrogens with zero attached hydrogens (tertiary/aromatic N) is 5. The molecular formula is C17H21F2N5O2S. The Kier molecular flexibility index (Phi) is 6.73. The lowest BCUT2D eigenvalue weighted by Gasteiger charge is -2.36. The number of piperidine rings is 1. The van der Waals surface area contributed by atoms with Crippen LogP contribution in [0, 0.1) is 17.7 Å². The molecular weight excluding hydrogens is 376 g/mol. The lowest BCUT2D eigenvalue weighted by molar-refractivity contribution is 0.104. The number of ether oxygens (including phenoxy) is 1. The Morgan fingerprint density at radius 1 is 1.33 bits per heavy atom. The van der Waals surface area contributed by atoms with Crippen molar-refractivity contribution in [3.8, 4) is 5.88 Å². The molecule has 0 radical (unpaired) electrons. The minimum absolute atomic E-state index is 0.0535. The topological polar surface area (TPSA) is 80.6 Å². The summed E-state index contributed by atoms with van der Waals surface area (Å²) in [5.41, 5.74) is 1.99. The molecule has 0 aromatic carbocycles. The Labute approximate surface area is 159 Å². The van der Waals surface area contributed by atoms with Crippen molar-refractivity contribution in [3.05, 3.63) is 38.8 Å². The molecule has 0 bridgehead atoms. The lowest BCUT2D eigenvalue weighted by Crippen LogP contribution is -2.39. The largest absolute Gasteiger partial charge is 0.476 e. The molecule has 3 rings (SSSR count). The molecule has 2 aromatic heterocycles. The number of hydrogen-bond acceptors (Lipinski definition) is 8. The summed E-state index contributed by atoms with van der Waals surface area (Å²) in [5.74, 6) is 0.836. The monoisotopic (exact) mass is 397 g/mol. The molecule has 0 spiro atoms. The van der Waals surface area contributed by atoms with Crippen molar-refractivity contribution < 1.29 is 13.5 Å². The van der Waals surface area contributed by atoms with E-state index >= 15 is 0 Å². The third-order valence-corrected chi connectivity index (χ3v) is 5.66. The van der Waals surface area contributed by atoms with Crippen LogP contribution < -0.4 is 4.74 Å². The average Bonchev–Trinajstić information content (AvgIpc) is 3.16. The van der Waals surface area contributed by atoms with Gasteiger partial charge in [-0.2, -0.15) is 10.0 Å². The maximum Gasteiger partial charge on any atom is 0.281 e. The van der Waals surface area contributed by atoms with Crippen LogP contribution in [0.3, 0.4) is 0 Å². The Morgan fingerprint density at radius 2 is 2.11 bits per heavy atom. The minimum Gasteiger partial charge on any atom is -0.476 e. The fourth-order valence-electron chi connectivity index (χ4n) is 3.21. The van der Waals surface area contributed by atoms with Gasteiger partial charge in [0.1, 0.15) is 12.2 Å². The molecule has 1 aliphatic rings. The molecule has 10 heteroatoms. The van der Waals surface area contributed by atoms with Crippen LogP contribution in [-0.2, 0) is 0 Å². The standard InChI is InChI=1S/C17H21F2N5O2S/c1-11-2-3-14(23-22-11)26-9-12-4-6-24(7-5-12)13(8-21-25)16-15(17(18)19)20-10-27-16/h2-3,10,12-13,17H,4-9H2,1H3. The van der Waals surface area contributed by atoms with Gasteiger partial charge in [-0.15, -0.1) is 16.4 Å². The zero-order valence-electron chi connectivity index (χ0n) is 14.9. The molecule has 1 fully saturated rings. The fourth-order valence-corrected chi connectivity index (χ4v) is 4.13. The molecule has 0 N–H and O–H groups in total. The first kappa shape index (κ1) is 19.7. The Morgan fingerprint density at radius 3 is 2.74 bits per heavy atom. The summed E-state index contributed by atoms with van der Waals surface area (Å²) in [6.45, 7) is 3.72. The second-order valence-electron chi connectivity index (χ2n) is 6.53. The van der Waals surface area contributed by atoms with Gasteiger partial charge in [-0.1, -0.05) is 5.18 Å². The summed E-state index contributed by atoms with van der Waals surface area (Å²) < 4.78 is 32.0. The Hall–Kier alpha value is -2.07. The van der Waals surface area contributed by atoms with Gasteiger partial charge < -0.3 is 4.74 Å². The summed E-state index contributed by atoms with van der Waals surface area (Å²) in [6.07, 6.45) is -0.962. The molecule has 0 amide bonds. The average molecular weight is 397 g/mol. The number of alkyl halides is 2. The van der Waals surface area contributed by atoms with Crippen LogP contribution in [0.1, 0.15) is 41.6 Å². The van der Waals surface area contributed by atoms with Crippen molar-refractivity contribution in [2.75, 3.05) is 26.2 Å². The molecule has 146 valence electrons. The van der Waals surface area contributed by atoms with E-state index in [-0.39, 0.29) is 12.2 Å². The maximum atomic E-state index is 13.2. The number of aromatic nitrogens is 3. The number of rotatable bonds is 8. The van der Waals surface area contributed by atoms with Crippen LogP contribution in [-0.4, -0.2) is 46.3 Å². The normalized spacial score (nSPS) is 17.2. The molecule has 27 heavy (non-hydrogen) atoms. The number of nitroso groups, excluding NO2 is 1. The molecule has 0 saturated carbocycles. The van der Waals surface area contributed by atoms with E-state index in [4.69, 9.17) is 4.74 Å². The molecule has 0 aliphatic carbocycles. The van der Waals surface area contributed by atoms with Crippen LogP contribution in [0.2, 0.25) is 0 Å². The van der Waals surface area contributed by atoms with E-state index in [1.807, 2.05) is 17.9 Å². The highest BCUT2D eigenvalue weighted by molar-refractivity contribution is 7.09. The third kappa shape index (κ3) is 5.01. The van der Waals surface area contributed by atoms with Crippen molar-refractivity contribution in [1.82, 2.24) is 20.1 Å². The molecule has 1 saturated heterocycles. The van der Waals surface area contributed by atoms with Crippen LogP contribution in [0.25, 0.3) is 0 Å². The Balaban J connectivity index is 1.56. The lowest BCUT2D eigenvalue weighted by atomic mass is 9.96. The van der Waals surface area contributed by atoms with E-state index in [9.17, 15) is 13.7 Å². The van der Waals surface area contributed by atoms with Crippen molar-refractivity contribution in [2.45, 2.75) is 32.2 Å². The zero-order chi connectivity index (χ0) is 19.2. The van der Waals surface area contributed by atoms with Gasteiger partial charge in [0, 0.05) is 6.07 Å². The van der Waals surface area contributed by atoms with E-state index in [0.29, 0.717) is 36.4 Å². The summed E-state index contributed by atoms with van der Waals surface area (Å²) in [6, 6.07) is 3.19. The SMILES string of the molecule is Cc1ccc(OCC2CCN(C(CN=O)c3scnc3C(F)F)CC2)nn1. The van der Waals surface area contributed by atoms with Crippen LogP contribution >= 0.6 is 11.3 Å². The van der Waals surface area contributed by atoms with E-state index in [1.54, 1.807) is 6.07 Å². The van der Waals surface area contributed by atoms with E-state index in [1.165, 1.54) is 5.51 Å². The Bertz CT molecular complexity index is 735. The van der Waals surface area contributed by atoms with Crippen molar-refractivity contribution in [3.63, 3.8) is 0 Å². The highest BCUT2D eigenvalue weighted by Crippen LogP contribution is 2.35. The number of hydrogen-bond donors (Lipinski definition) is 0. The smallest absolute Gasteiger partial charge is 0.281 e. The van der Waals surface area contributed by atoms with E-state index < -0.39 is 12.5 Å². The summed E-state index contributed by atoms with van der Waals surface area (Å²) in [5, 5.41) is 10.9. The molecule has 1 aliphatic heterocycles. The third-order valence-electron chi connectivity index (χ3n) is 4.71. The second-order valence-corrected chi connectivity index (χ2v) is 7.42. The van der Waals surface area contributed by atoms with Crippen LogP contribution in [0.15, 0.2) is 22.8 Å². The maximum absolute atomic E-state index is 13.2. The number of halogens is 2. The number of thiazole rings is 1. The predicted molar refractivity (Wildman–Crippen MR) is 97.0 cm³/mol. The van der Waals surface area contributed by atoms with Gasteiger partial charge in [0.05, 0.1) is 28.7 Å². The van der Waals surface area contributed by atoms with Gasteiger partial charge in [-0.05, 0) is 44.8 Å². The first-order valence-electron chi connectivity index (χ1n) is 8.76. The minimum atomic E-state index is -2.65. The molecule has 3 heterocycles. The van der Waals surface area contributed by atoms with E-state index in [0.717, 1.165) is 29.9 Å². The van der Waals surface area contributed by atoms with Gasteiger partial charge in [0.2, 0.25) is 5.88 Å². The van der Waals surface area contributed by atoms with Gasteiger partial charge in [0.15, 0.2) is 0 Å². The van der Waals surface area contributed by atoms with Crippen LogP contribution in [0.5, 0.6) is 5.88 Å². The van der Waals surface area contributed by atoms with E-state index in [2.05, 4.69) is 20.4 Å². The van der Waals surface area contributed by atoms with Crippen molar-refractivity contribution in [2.24, 2.45) is 11.1 Å². The van der Waals surface area contributed by atoms with Gasteiger partial charge in [-0.25, -0.2) is 13.8 Å². The molecule has 2 aromatic rings. The first-order valence-corrected chi connectivity index (χ1v) is 9.64. The predicted octanol–water partition coefficient (Wildman–Crippen LogP) is 3.78. The van der Waals surface area contributed by atoms with Crippen molar-refractivity contribution in [1.29, 1.82) is 0 Å². The zero-order valence-corrected chi connectivity index (χ0v) is 15.7. The first-order chi connectivity index (χ1) is 13.1. The molecule has 7 nitrogen and oxygen atoms in total. The van der Waals surface area contributed by atoms with Crippen LogP contribution in [0.4, 0.5) is 8.78 Å². The second kappa shape index (κ2) is 9.23. The van der Waals surface area contributed by atoms with Gasteiger partial charge >= 0.3 is 0 Å². The number of aryl methyl sites for hydroxylation is 1. The molecule has 1 unspecified atom stereocenters. The fraction of sp³-hybridized carbons (Fsp3) is 0.588. The van der Waals surface area contributed by atoms with Crippen molar-refractivity contribution >= 4 is 11.3 Å². The summed E-state index contributed by atoms with van der Waals surface area (Å²) in [4.78, 5) is 17.1. The molecule has 1 atom stereocenters. The van der Waals surface area contributed by atoms with Gasteiger partial charge in [0.25, 0.3) is 6.43 Å². The highest BCUT2D eigenvalue weighted by atomic mass is 32.1. The summed E-state index contributed by atoms with van der Waals surface area (Å²) in [7, 11) is 0. The highest BCUT2D eigenvalue weighted by Gasteiger charge is 2.31. The quantitative estimate of drug-likeness (QED) is 0.631. The number of likely N-dealkylation sites (tertiary alicyclic amines) is 1. The van der Waals surface area contributed by atoms with Gasteiger partial charge in [-0.3, -0.25) is 4.90 Å². The summed E-state index contributed by atoms with van der Waals surface area (Å²) >= 11 is 1.16.